The van der Waals surface area contributed by atoms with Gasteiger partial charge in [0.05, 0.1) is 12.7 Å². The molecule has 2 N–H and O–H groups in total. The van der Waals surface area contributed by atoms with Crippen LogP contribution in [0.25, 0.3) is 0 Å². The Kier molecular flexibility index (Phi) is 4.91. The Balaban J connectivity index is 1.37. The van der Waals surface area contributed by atoms with Crippen molar-refractivity contribution in [3.05, 3.63) is 28.8 Å². The molecule has 5 rings (SSSR count). The van der Waals surface area contributed by atoms with Crippen molar-refractivity contribution in [1.29, 1.82) is 0 Å². The summed E-state index contributed by atoms with van der Waals surface area (Å²) in [5.74, 6) is 1.28. The molecule has 0 spiro atoms. The molecule has 0 heterocycles. The lowest BCUT2D eigenvalue weighted by molar-refractivity contribution is -0.128. The summed E-state index contributed by atoms with van der Waals surface area (Å²) in [4.78, 5) is 25.0. The van der Waals surface area contributed by atoms with Gasteiger partial charge < -0.3 is 4.74 Å². The highest BCUT2D eigenvalue weighted by Gasteiger charge is 2.57. The lowest BCUT2D eigenvalue weighted by Gasteiger charge is -2.60. The van der Waals surface area contributed by atoms with E-state index < -0.39 is 5.91 Å². The molecular weight excluding hydrogens is 432 g/mol. The third-order valence-corrected chi connectivity index (χ3v) is 7.53. The van der Waals surface area contributed by atoms with Gasteiger partial charge in [-0.05, 0) is 74.0 Å². The number of carbonyl (C=O) groups excluding carboxylic acids is 2. The summed E-state index contributed by atoms with van der Waals surface area (Å²) in [5.41, 5.74) is 5.50. The van der Waals surface area contributed by atoms with Crippen molar-refractivity contribution >= 4 is 39.3 Å². The summed E-state index contributed by atoms with van der Waals surface area (Å²) in [6.07, 6.45) is 7.56. The molecular formula is C20H24BrClN2O3. The average molecular weight is 456 g/mol. The zero-order valence-corrected chi connectivity index (χ0v) is 17.7. The SMILES string of the molecule is COc1cc(Cl)ccc1C(=O)NNC(=O)CC12CC3CC(CC(Br)(C3)C1)C2. The number of hydrogen-bond acceptors (Lipinski definition) is 3. The Labute approximate surface area is 172 Å². The van der Waals surface area contributed by atoms with Gasteiger partial charge in [0.25, 0.3) is 5.91 Å². The quantitative estimate of drug-likeness (QED) is 0.527. The van der Waals surface area contributed by atoms with Gasteiger partial charge in [-0.15, -0.1) is 0 Å². The van der Waals surface area contributed by atoms with Gasteiger partial charge in [0.2, 0.25) is 5.91 Å². The summed E-state index contributed by atoms with van der Waals surface area (Å²) < 4.78 is 5.41. The van der Waals surface area contributed by atoms with Crippen molar-refractivity contribution in [3.63, 3.8) is 0 Å². The van der Waals surface area contributed by atoms with Gasteiger partial charge in [-0.1, -0.05) is 27.5 Å². The summed E-state index contributed by atoms with van der Waals surface area (Å²) >= 11 is 9.90. The molecule has 0 aromatic heterocycles. The minimum absolute atomic E-state index is 0.0698. The summed E-state index contributed by atoms with van der Waals surface area (Å²) in [6, 6.07) is 4.77. The Hall–Kier alpha value is -1.27. The number of carbonyl (C=O) groups is 2. The van der Waals surface area contributed by atoms with Crippen LogP contribution in [0.15, 0.2) is 18.2 Å². The van der Waals surface area contributed by atoms with Crippen LogP contribution in [-0.4, -0.2) is 23.2 Å². The normalized spacial score (nSPS) is 33.6. The Bertz CT molecular complexity index is 770. The number of hydrogen-bond donors (Lipinski definition) is 2. The van der Waals surface area contributed by atoms with Crippen LogP contribution >= 0.6 is 27.5 Å². The van der Waals surface area contributed by atoms with Crippen LogP contribution in [0, 0.1) is 17.3 Å². The highest BCUT2D eigenvalue weighted by molar-refractivity contribution is 9.10. The zero-order chi connectivity index (χ0) is 19.2. The van der Waals surface area contributed by atoms with E-state index in [-0.39, 0.29) is 15.6 Å². The first-order valence-corrected chi connectivity index (χ1v) is 10.6. The van der Waals surface area contributed by atoms with Crippen molar-refractivity contribution in [3.8, 4) is 5.75 Å². The second kappa shape index (κ2) is 6.96. The number of alkyl halides is 1. The Morgan fingerprint density at radius 2 is 1.93 bits per heavy atom. The van der Waals surface area contributed by atoms with Crippen LogP contribution in [0.1, 0.15) is 55.3 Å². The number of hydrazine groups is 1. The first-order valence-electron chi connectivity index (χ1n) is 9.41. The molecule has 4 bridgehead atoms. The van der Waals surface area contributed by atoms with Crippen molar-refractivity contribution in [1.82, 2.24) is 10.9 Å². The lowest BCUT2D eigenvalue weighted by atomic mass is 9.48. The molecule has 27 heavy (non-hydrogen) atoms. The van der Waals surface area contributed by atoms with Crippen molar-refractivity contribution in [2.24, 2.45) is 17.3 Å². The van der Waals surface area contributed by atoms with Gasteiger partial charge >= 0.3 is 0 Å². The van der Waals surface area contributed by atoms with Crippen molar-refractivity contribution < 1.29 is 14.3 Å². The molecule has 0 radical (unpaired) electrons. The van der Waals surface area contributed by atoms with Crippen LogP contribution in [0.2, 0.25) is 5.02 Å². The molecule has 1 aromatic carbocycles. The Morgan fingerprint density at radius 3 is 2.56 bits per heavy atom. The van der Waals surface area contributed by atoms with E-state index in [0.29, 0.717) is 22.8 Å². The maximum Gasteiger partial charge on any atom is 0.273 e. The first kappa shape index (κ1) is 19.1. The van der Waals surface area contributed by atoms with Crippen LogP contribution in [0.4, 0.5) is 0 Å². The molecule has 1 aromatic rings. The minimum Gasteiger partial charge on any atom is -0.496 e. The van der Waals surface area contributed by atoms with E-state index in [4.69, 9.17) is 16.3 Å². The third kappa shape index (κ3) is 3.83. The van der Waals surface area contributed by atoms with E-state index in [1.165, 1.54) is 26.4 Å². The van der Waals surface area contributed by atoms with E-state index in [2.05, 4.69) is 26.8 Å². The molecule has 2 amide bonds. The topological polar surface area (TPSA) is 67.4 Å². The van der Waals surface area contributed by atoms with Gasteiger partial charge in [0.15, 0.2) is 0 Å². The summed E-state index contributed by atoms with van der Waals surface area (Å²) in [6.45, 7) is 0. The second-order valence-corrected chi connectivity index (χ2v) is 10.8. The molecule has 4 fully saturated rings. The molecule has 2 unspecified atom stereocenters. The molecule has 0 aliphatic heterocycles. The number of halogens is 2. The number of ether oxygens (including phenoxy) is 1. The Morgan fingerprint density at radius 1 is 1.22 bits per heavy atom. The molecule has 7 heteroatoms. The number of nitrogens with one attached hydrogen (secondary N) is 2. The summed E-state index contributed by atoms with van der Waals surface area (Å²) in [7, 11) is 1.48. The number of rotatable bonds is 4. The second-order valence-electron chi connectivity index (χ2n) is 8.64. The number of benzene rings is 1. The first-order chi connectivity index (χ1) is 12.8. The van der Waals surface area contributed by atoms with Crippen molar-refractivity contribution in [2.75, 3.05) is 7.11 Å². The van der Waals surface area contributed by atoms with Crippen LogP contribution < -0.4 is 15.6 Å². The molecule has 146 valence electrons. The standard InChI is InChI=1S/C20H24BrClN2O3/c1-27-16-5-14(22)2-3-15(16)18(26)24-23-17(25)10-19-6-12-4-13(7-19)9-20(21,8-12)11-19/h2-3,5,12-13H,4,6-11H2,1H3,(H,23,25)(H,24,26). The van der Waals surface area contributed by atoms with E-state index in [0.717, 1.165) is 31.1 Å². The number of amides is 2. The van der Waals surface area contributed by atoms with Gasteiger partial charge in [-0.2, -0.15) is 0 Å². The molecule has 4 aliphatic carbocycles. The monoisotopic (exact) mass is 454 g/mol. The largest absolute Gasteiger partial charge is 0.496 e. The fraction of sp³-hybridized carbons (Fsp3) is 0.600. The maximum atomic E-state index is 12.6. The fourth-order valence-electron chi connectivity index (χ4n) is 5.97. The molecule has 2 atom stereocenters. The van der Waals surface area contributed by atoms with Crippen LogP contribution in [0.5, 0.6) is 5.75 Å². The van der Waals surface area contributed by atoms with E-state index >= 15 is 0 Å². The third-order valence-electron chi connectivity index (χ3n) is 6.37. The smallest absolute Gasteiger partial charge is 0.273 e. The summed E-state index contributed by atoms with van der Waals surface area (Å²) in [5, 5.41) is 0.484. The predicted molar refractivity (Wildman–Crippen MR) is 107 cm³/mol. The highest BCUT2D eigenvalue weighted by Crippen LogP contribution is 2.65. The highest BCUT2D eigenvalue weighted by atomic mass is 79.9. The molecule has 4 saturated carbocycles. The average Bonchev–Trinajstić information content (AvgIpc) is 2.56. The van der Waals surface area contributed by atoms with Gasteiger partial charge in [0.1, 0.15) is 5.75 Å². The van der Waals surface area contributed by atoms with Gasteiger partial charge in [-0.3, -0.25) is 20.4 Å². The molecule has 4 aliphatic rings. The van der Waals surface area contributed by atoms with Crippen molar-refractivity contribution in [2.45, 2.75) is 49.3 Å². The molecule has 0 saturated heterocycles. The zero-order valence-electron chi connectivity index (χ0n) is 15.3. The van der Waals surface area contributed by atoms with E-state index in [1.807, 2.05) is 0 Å². The fourth-order valence-corrected chi connectivity index (χ4v) is 7.65. The molecule has 5 nitrogen and oxygen atoms in total. The van der Waals surface area contributed by atoms with Crippen LogP contribution in [-0.2, 0) is 4.79 Å². The van der Waals surface area contributed by atoms with Gasteiger partial charge in [-0.25, -0.2) is 0 Å². The maximum absolute atomic E-state index is 12.6. The van der Waals surface area contributed by atoms with E-state index in [1.54, 1.807) is 18.2 Å². The number of methoxy groups -OCH3 is 1. The van der Waals surface area contributed by atoms with Crippen LogP contribution in [0.3, 0.4) is 0 Å². The lowest BCUT2D eigenvalue weighted by Crippen LogP contribution is -2.54. The minimum atomic E-state index is -0.417. The predicted octanol–water partition coefficient (Wildman–Crippen LogP) is 4.23. The van der Waals surface area contributed by atoms with Gasteiger partial charge in [0, 0.05) is 15.8 Å². The van der Waals surface area contributed by atoms with E-state index in [9.17, 15) is 9.59 Å².